The third-order valence-corrected chi connectivity index (χ3v) is 8.03. The molecule has 12 heteroatoms. The summed E-state index contributed by atoms with van der Waals surface area (Å²) in [5, 5.41) is 14.3. The van der Waals surface area contributed by atoms with Crippen LogP contribution >= 0.6 is 0 Å². The molecule has 2 aliphatic heterocycles. The number of nitrogens with one attached hydrogen (secondary N) is 1. The van der Waals surface area contributed by atoms with Gasteiger partial charge in [0.05, 0.1) is 34.5 Å². The van der Waals surface area contributed by atoms with E-state index in [0.29, 0.717) is 6.42 Å². The van der Waals surface area contributed by atoms with Crippen LogP contribution in [-0.2, 0) is 24.6 Å². The second kappa shape index (κ2) is 7.10. The van der Waals surface area contributed by atoms with Crippen LogP contribution in [0.3, 0.4) is 0 Å². The molecule has 2 fully saturated rings. The number of morpholine rings is 1. The van der Waals surface area contributed by atoms with Crippen molar-refractivity contribution in [2.75, 3.05) is 43.1 Å². The van der Waals surface area contributed by atoms with E-state index >= 15 is 0 Å². The van der Waals surface area contributed by atoms with Crippen LogP contribution in [0.1, 0.15) is 6.42 Å². The average molecular weight is 405 g/mol. The topological polar surface area (TPSA) is 136 Å². The molecule has 0 unspecified atom stereocenters. The Morgan fingerprint density at radius 1 is 1.27 bits per heavy atom. The normalized spacial score (nSPS) is 23.6. The van der Waals surface area contributed by atoms with Gasteiger partial charge in [0.1, 0.15) is 5.69 Å². The van der Waals surface area contributed by atoms with Gasteiger partial charge in [0.25, 0.3) is 5.69 Å². The van der Waals surface area contributed by atoms with Crippen LogP contribution in [0.5, 0.6) is 0 Å². The average Bonchev–Trinajstić information content (AvgIpc) is 2.94. The molecule has 3 rings (SSSR count). The minimum atomic E-state index is -3.86. The highest BCUT2D eigenvalue weighted by atomic mass is 32.2. The van der Waals surface area contributed by atoms with Gasteiger partial charge in [0.15, 0.2) is 9.84 Å². The first-order chi connectivity index (χ1) is 12.2. The fourth-order valence-electron chi connectivity index (χ4n) is 3.01. The molecule has 1 aromatic rings. The summed E-state index contributed by atoms with van der Waals surface area (Å²) < 4.78 is 54.7. The second-order valence-corrected chi connectivity index (χ2v) is 10.4. The lowest BCUT2D eigenvalue weighted by atomic mass is 10.2. The maximum Gasteiger partial charge on any atom is 0.293 e. The summed E-state index contributed by atoms with van der Waals surface area (Å²) in [6.45, 7) is 0.931. The number of rotatable bonds is 5. The Labute approximate surface area is 151 Å². The van der Waals surface area contributed by atoms with E-state index in [1.54, 1.807) is 0 Å². The van der Waals surface area contributed by atoms with Crippen molar-refractivity contribution in [3.8, 4) is 0 Å². The smallest absolute Gasteiger partial charge is 0.293 e. The molecule has 1 atom stereocenters. The molecule has 26 heavy (non-hydrogen) atoms. The van der Waals surface area contributed by atoms with Gasteiger partial charge in [-0.25, -0.2) is 16.8 Å². The number of sulfonamides is 1. The number of sulfone groups is 1. The van der Waals surface area contributed by atoms with Crippen molar-refractivity contribution in [3.63, 3.8) is 0 Å². The highest BCUT2D eigenvalue weighted by Crippen LogP contribution is 2.31. The third-order valence-electron chi connectivity index (χ3n) is 4.37. The largest absolute Gasteiger partial charge is 0.379 e. The Morgan fingerprint density at radius 3 is 2.54 bits per heavy atom. The molecular formula is C14H19N3O7S2. The maximum atomic E-state index is 12.7. The number of nitro groups is 1. The van der Waals surface area contributed by atoms with Crippen molar-refractivity contribution >= 4 is 31.2 Å². The fraction of sp³-hybridized carbons (Fsp3) is 0.571. The van der Waals surface area contributed by atoms with Crippen molar-refractivity contribution < 1.29 is 26.5 Å². The van der Waals surface area contributed by atoms with E-state index in [2.05, 4.69) is 5.32 Å². The molecule has 0 spiro atoms. The predicted molar refractivity (Wildman–Crippen MR) is 93.4 cm³/mol. The van der Waals surface area contributed by atoms with Crippen molar-refractivity contribution in [1.82, 2.24) is 4.31 Å². The molecule has 0 bridgehead atoms. The fourth-order valence-corrected chi connectivity index (χ4v) is 6.11. The van der Waals surface area contributed by atoms with Gasteiger partial charge in [-0.2, -0.15) is 4.31 Å². The SMILES string of the molecule is O=[N+]([O-])c1cc(S(=O)(=O)N2CCOCC2)ccc1N[C@@H]1CCS(=O)(=O)C1. The summed E-state index contributed by atoms with van der Waals surface area (Å²) in [7, 11) is -7.00. The molecule has 0 aromatic heterocycles. The van der Waals surface area contributed by atoms with E-state index in [4.69, 9.17) is 4.74 Å². The zero-order valence-corrected chi connectivity index (χ0v) is 15.5. The number of ether oxygens (including phenoxy) is 1. The zero-order valence-electron chi connectivity index (χ0n) is 13.8. The first kappa shape index (κ1) is 19.0. The Bertz CT molecular complexity index is 908. The number of nitrogens with zero attached hydrogens (tertiary/aromatic N) is 2. The molecule has 0 aliphatic carbocycles. The van der Waals surface area contributed by atoms with E-state index in [9.17, 15) is 26.9 Å². The second-order valence-electron chi connectivity index (χ2n) is 6.20. The van der Waals surface area contributed by atoms with Gasteiger partial charge in [-0.1, -0.05) is 0 Å². The summed E-state index contributed by atoms with van der Waals surface area (Å²) in [6, 6.07) is 3.19. The molecule has 1 N–H and O–H groups in total. The lowest BCUT2D eigenvalue weighted by Gasteiger charge is -2.26. The highest BCUT2D eigenvalue weighted by Gasteiger charge is 2.31. The minimum absolute atomic E-state index is 0.0297. The van der Waals surface area contributed by atoms with Crippen LogP contribution in [0.2, 0.25) is 0 Å². The summed E-state index contributed by atoms with van der Waals surface area (Å²) in [4.78, 5) is 10.6. The van der Waals surface area contributed by atoms with E-state index in [1.165, 1.54) is 16.4 Å². The summed E-state index contributed by atoms with van der Waals surface area (Å²) >= 11 is 0. The van der Waals surface area contributed by atoms with Crippen molar-refractivity contribution in [3.05, 3.63) is 28.3 Å². The Hall–Kier alpha value is -1.76. The van der Waals surface area contributed by atoms with E-state index < -0.39 is 36.5 Å². The van der Waals surface area contributed by atoms with Gasteiger partial charge < -0.3 is 10.1 Å². The van der Waals surface area contributed by atoms with Gasteiger partial charge in [0, 0.05) is 25.2 Å². The molecule has 2 saturated heterocycles. The maximum absolute atomic E-state index is 12.7. The van der Waals surface area contributed by atoms with Crippen molar-refractivity contribution in [1.29, 1.82) is 0 Å². The summed E-state index contributed by atoms with van der Waals surface area (Å²) in [5.41, 5.74) is -0.290. The van der Waals surface area contributed by atoms with Crippen LogP contribution in [0.15, 0.2) is 23.1 Å². The summed E-state index contributed by atoms with van der Waals surface area (Å²) in [5.74, 6) is -0.0695. The monoisotopic (exact) mass is 405 g/mol. The van der Waals surface area contributed by atoms with Crippen LogP contribution in [0, 0.1) is 10.1 Å². The van der Waals surface area contributed by atoms with Crippen molar-refractivity contribution in [2.45, 2.75) is 17.4 Å². The van der Waals surface area contributed by atoms with Gasteiger partial charge >= 0.3 is 0 Å². The van der Waals surface area contributed by atoms with Gasteiger partial charge in [-0.15, -0.1) is 0 Å². The van der Waals surface area contributed by atoms with Crippen LogP contribution in [-0.4, -0.2) is 69.9 Å². The number of anilines is 1. The first-order valence-electron chi connectivity index (χ1n) is 8.02. The van der Waals surface area contributed by atoms with E-state index in [-0.39, 0.29) is 48.4 Å². The predicted octanol–water partition coefficient (Wildman–Crippen LogP) is 0.215. The number of nitro benzene ring substituents is 1. The molecule has 2 heterocycles. The van der Waals surface area contributed by atoms with E-state index in [1.807, 2.05) is 0 Å². The van der Waals surface area contributed by atoms with Gasteiger partial charge in [-0.3, -0.25) is 10.1 Å². The molecule has 0 saturated carbocycles. The quantitative estimate of drug-likeness (QED) is 0.542. The van der Waals surface area contributed by atoms with Crippen LogP contribution in [0.4, 0.5) is 11.4 Å². The molecule has 0 amide bonds. The number of hydrogen-bond acceptors (Lipinski definition) is 8. The first-order valence-corrected chi connectivity index (χ1v) is 11.3. The molecule has 10 nitrogen and oxygen atoms in total. The van der Waals surface area contributed by atoms with Gasteiger partial charge in [0.2, 0.25) is 10.0 Å². The molecular weight excluding hydrogens is 386 g/mol. The standard InChI is InChI=1S/C14H19N3O7S2/c18-17(19)14-9-12(26(22,23)16-4-6-24-7-5-16)1-2-13(14)15-11-3-8-25(20,21)10-11/h1-2,9,11,15H,3-8,10H2/t11-/m1/s1. The molecule has 144 valence electrons. The van der Waals surface area contributed by atoms with Crippen LogP contribution in [0.25, 0.3) is 0 Å². The number of hydrogen-bond donors (Lipinski definition) is 1. The Balaban J connectivity index is 1.88. The Morgan fingerprint density at radius 2 is 1.96 bits per heavy atom. The summed E-state index contributed by atoms with van der Waals surface area (Å²) in [6.07, 6.45) is 0.354. The highest BCUT2D eigenvalue weighted by molar-refractivity contribution is 7.91. The number of benzene rings is 1. The minimum Gasteiger partial charge on any atom is -0.379 e. The third kappa shape index (κ3) is 3.98. The molecule has 2 aliphatic rings. The Kier molecular flexibility index (Phi) is 5.19. The lowest BCUT2D eigenvalue weighted by Crippen LogP contribution is -2.40. The zero-order chi connectivity index (χ0) is 18.9. The van der Waals surface area contributed by atoms with Gasteiger partial charge in [-0.05, 0) is 18.6 Å². The lowest BCUT2D eigenvalue weighted by molar-refractivity contribution is -0.384. The molecule has 0 radical (unpaired) electrons. The molecule has 1 aromatic carbocycles. The van der Waals surface area contributed by atoms with Crippen molar-refractivity contribution in [2.24, 2.45) is 0 Å². The van der Waals surface area contributed by atoms with Crippen LogP contribution < -0.4 is 5.32 Å². The van der Waals surface area contributed by atoms with E-state index in [0.717, 1.165) is 6.07 Å².